The average Bonchev–Trinajstić information content (AvgIpc) is 2.59. The van der Waals surface area contributed by atoms with Gasteiger partial charge >= 0.3 is 0 Å². The van der Waals surface area contributed by atoms with Gasteiger partial charge in [0.05, 0.1) is 11.6 Å². The van der Waals surface area contributed by atoms with Crippen LogP contribution in [0.25, 0.3) is 0 Å². The van der Waals surface area contributed by atoms with E-state index in [1.807, 2.05) is 0 Å². The van der Waals surface area contributed by atoms with E-state index in [4.69, 9.17) is 0 Å². The Hall–Kier alpha value is -2.56. The minimum absolute atomic E-state index is 0.220. The normalized spacial score (nSPS) is 28.5. The lowest BCUT2D eigenvalue weighted by Gasteiger charge is -2.37. The van der Waals surface area contributed by atoms with Crippen LogP contribution in [0.4, 0.5) is 0 Å². The number of rotatable bonds is 0. The summed E-state index contributed by atoms with van der Waals surface area (Å²) in [5, 5.41) is 12.8. The molecule has 0 bridgehead atoms. The molecule has 0 saturated carbocycles. The van der Waals surface area contributed by atoms with Crippen LogP contribution in [0.1, 0.15) is 46.4 Å². The first-order chi connectivity index (χ1) is 11.1. The number of Topliss-reactive ketones (excluding diaryl/α,β-unsaturated/α-hetero) is 3. The highest BCUT2D eigenvalue weighted by atomic mass is 16.4. The SMILES string of the molecule is O=C1C2=C(CCCC2)C(=NO)C2C(=O)c3ccccc3C(=O)C12. The molecule has 3 aliphatic rings. The van der Waals surface area contributed by atoms with Crippen molar-refractivity contribution in [2.45, 2.75) is 25.7 Å². The summed E-state index contributed by atoms with van der Waals surface area (Å²) in [5.74, 6) is -2.95. The van der Waals surface area contributed by atoms with Crippen LogP contribution in [0.5, 0.6) is 0 Å². The van der Waals surface area contributed by atoms with Gasteiger partial charge in [-0.05, 0) is 31.3 Å². The standard InChI is InChI=1S/C18H15NO4/c20-16-11-7-3-4-8-12(11)18(22)14-13(16)15(19-23)9-5-1-2-6-10(9)17(14)21/h3-4,7-8,13-14,23H,1-2,5-6H2. The molecule has 0 aliphatic heterocycles. The summed E-state index contributed by atoms with van der Waals surface area (Å²) in [6, 6.07) is 6.55. The monoisotopic (exact) mass is 309 g/mol. The lowest BCUT2D eigenvalue weighted by atomic mass is 9.62. The Labute approximate surface area is 132 Å². The molecule has 1 N–H and O–H groups in total. The van der Waals surface area contributed by atoms with Crippen LogP contribution < -0.4 is 0 Å². The average molecular weight is 309 g/mol. The highest BCUT2D eigenvalue weighted by Crippen LogP contribution is 2.42. The quantitative estimate of drug-likeness (QED) is 0.453. The molecular weight excluding hydrogens is 294 g/mol. The number of fused-ring (bicyclic) bond motifs is 2. The van der Waals surface area contributed by atoms with Crippen molar-refractivity contribution in [2.75, 3.05) is 0 Å². The highest BCUT2D eigenvalue weighted by molar-refractivity contribution is 6.35. The molecule has 23 heavy (non-hydrogen) atoms. The lowest BCUT2D eigenvalue weighted by molar-refractivity contribution is -0.119. The van der Waals surface area contributed by atoms with Crippen LogP contribution in [-0.4, -0.2) is 28.3 Å². The van der Waals surface area contributed by atoms with Gasteiger partial charge in [-0.3, -0.25) is 14.4 Å². The van der Waals surface area contributed by atoms with Gasteiger partial charge in [0.1, 0.15) is 5.92 Å². The largest absolute Gasteiger partial charge is 0.411 e. The van der Waals surface area contributed by atoms with Gasteiger partial charge in [-0.1, -0.05) is 29.4 Å². The Bertz CT molecular complexity index is 818. The van der Waals surface area contributed by atoms with Crippen LogP contribution in [0, 0.1) is 11.8 Å². The van der Waals surface area contributed by atoms with E-state index in [-0.39, 0.29) is 23.1 Å². The summed E-state index contributed by atoms with van der Waals surface area (Å²) in [6.45, 7) is 0. The molecular formula is C18H15NO4. The molecule has 3 aliphatic carbocycles. The second-order valence-corrected chi connectivity index (χ2v) is 6.24. The molecule has 0 radical (unpaired) electrons. The van der Waals surface area contributed by atoms with Crippen molar-refractivity contribution >= 4 is 23.1 Å². The fourth-order valence-corrected chi connectivity index (χ4v) is 4.06. The first-order valence-electron chi connectivity index (χ1n) is 7.81. The number of benzene rings is 1. The second kappa shape index (κ2) is 4.98. The first-order valence-corrected chi connectivity index (χ1v) is 7.81. The van der Waals surface area contributed by atoms with Crippen LogP contribution in [-0.2, 0) is 4.79 Å². The summed E-state index contributed by atoms with van der Waals surface area (Å²) >= 11 is 0. The number of hydrogen-bond acceptors (Lipinski definition) is 5. The van der Waals surface area contributed by atoms with Crippen LogP contribution in [0.2, 0.25) is 0 Å². The van der Waals surface area contributed by atoms with E-state index < -0.39 is 11.8 Å². The van der Waals surface area contributed by atoms with Crippen molar-refractivity contribution < 1.29 is 19.6 Å². The van der Waals surface area contributed by atoms with Crippen molar-refractivity contribution in [3.8, 4) is 0 Å². The van der Waals surface area contributed by atoms with Crippen molar-refractivity contribution in [2.24, 2.45) is 17.0 Å². The van der Waals surface area contributed by atoms with Crippen molar-refractivity contribution in [1.82, 2.24) is 0 Å². The van der Waals surface area contributed by atoms with E-state index >= 15 is 0 Å². The topological polar surface area (TPSA) is 83.8 Å². The van der Waals surface area contributed by atoms with Crippen LogP contribution in [0.15, 0.2) is 40.6 Å². The van der Waals surface area contributed by atoms with Gasteiger partial charge in [-0.25, -0.2) is 0 Å². The van der Waals surface area contributed by atoms with Crippen molar-refractivity contribution in [3.63, 3.8) is 0 Å². The van der Waals surface area contributed by atoms with E-state index in [1.165, 1.54) is 0 Å². The molecule has 116 valence electrons. The Kier molecular flexibility index (Phi) is 3.04. The third-order valence-electron chi connectivity index (χ3n) is 5.12. The molecule has 0 fully saturated rings. The molecule has 0 aromatic heterocycles. The van der Waals surface area contributed by atoms with Gasteiger partial charge in [0.15, 0.2) is 17.3 Å². The maximum absolute atomic E-state index is 12.9. The fraction of sp³-hybridized carbons (Fsp3) is 0.333. The van der Waals surface area contributed by atoms with Gasteiger partial charge in [-0.2, -0.15) is 0 Å². The predicted molar refractivity (Wildman–Crippen MR) is 81.8 cm³/mol. The van der Waals surface area contributed by atoms with Crippen LogP contribution in [0.3, 0.4) is 0 Å². The van der Waals surface area contributed by atoms with Crippen molar-refractivity contribution in [3.05, 3.63) is 46.5 Å². The molecule has 5 nitrogen and oxygen atoms in total. The molecule has 5 heteroatoms. The summed E-state index contributed by atoms with van der Waals surface area (Å²) in [7, 11) is 0. The minimum atomic E-state index is -1.07. The molecule has 4 rings (SSSR count). The summed E-state index contributed by atoms with van der Waals surface area (Å²) in [6.07, 6.45) is 2.97. The zero-order chi connectivity index (χ0) is 16.1. The molecule has 0 amide bonds. The molecule has 2 atom stereocenters. The number of ketones is 3. The maximum atomic E-state index is 12.9. The number of carbonyl (C=O) groups excluding carboxylic acids is 3. The number of oxime groups is 1. The second-order valence-electron chi connectivity index (χ2n) is 6.24. The van der Waals surface area contributed by atoms with Gasteiger partial charge < -0.3 is 5.21 Å². The van der Waals surface area contributed by atoms with Gasteiger partial charge in [0, 0.05) is 16.7 Å². The number of nitrogens with zero attached hydrogens (tertiary/aromatic N) is 1. The molecule has 0 heterocycles. The van der Waals surface area contributed by atoms with Crippen LogP contribution >= 0.6 is 0 Å². The Morgan fingerprint density at radius 2 is 1.39 bits per heavy atom. The van der Waals surface area contributed by atoms with E-state index in [1.54, 1.807) is 24.3 Å². The van der Waals surface area contributed by atoms with E-state index in [0.29, 0.717) is 35.1 Å². The molecule has 2 unspecified atom stereocenters. The zero-order valence-corrected chi connectivity index (χ0v) is 12.4. The Morgan fingerprint density at radius 3 is 2.00 bits per heavy atom. The number of allylic oxidation sites excluding steroid dienone is 2. The molecule has 0 spiro atoms. The fourth-order valence-electron chi connectivity index (χ4n) is 4.06. The lowest BCUT2D eigenvalue weighted by Crippen LogP contribution is -2.49. The summed E-state index contributed by atoms with van der Waals surface area (Å²) < 4.78 is 0. The Morgan fingerprint density at radius 1 is 0.826 bits per heavy atom. The first kappa shape index (κ1) is 14.1. The van der Waals surface area contributed by atoms with E-state index in [9.17, 15) is 19.6 Å². The van der Waals surface area contributed by atoms with Crippen molar-refractivity contribution in [1.29, 1.82) is 0 Å². The zero-order valence-electron chi connectivity index (χ0n) is 12.4. The van der Waals surface area contributed by atoms with Gasteiger partial charge in [0.2, 0.25) is 0 Å². The number of carbonyl (C=O) groups is 3. The van der Waals surface area contributed by atoms with Gasteiger partial charge in [-0.15, -0.1) is 0 Å². The third kappa shape index (κ3) is 1.79. The Balaban J connectivity index is 1.95. The third-order valence-corrected chi connectivity index (χ3v) is 5.12. The van der Waals surface area contributed by atoms with Gasteiger partial charge in [0.25, 0.3) is 0 Å². The molecule has 1 aromatic rings. The molecule has 0 saturated heterocycles. The smallest absolute Gasteiger partial charge is 0.175 e. The minimum Gasteiger partial charge on any atom is -0.411 e. The highest BCUT2D eigenvalue weighted by Gasteiger charge is 2.52. The van der Waals surface area contributed by atoms with E-state index in [2.05, 4.69) is 5.16 Å². The molecule has 1 aromatic carbocycles. The maximum Gasteiger partial charge on any atom is 0.175 e. The summed E-state index contributed by atoms with van der Waals surface area (Å²) in [4.78, 5) is 38.5. The predicted octanol–water partition coefficient (Wildman–Crippen LogP) is 2.58. The summed E-state index contributed by atoms with van der Waals surface area (Å²) in [5.41, 5.74) is 2.07. The van der Waals surface area contributed by atoms with E-state index in [0.717, 1.165) is 12.8 Å². The number of hydrogen-bond donors (Lipinski definition) is 1.